The fourth-order valence-corrected chi connectivity index (χ4v) is 5.44. The number of halogens is 2. The van der Waals surface area contributed by atoms with Crippen LogP contribution in [0.1, 0.15) is 61.8 Å². The number of H-pyrrole nitrogens is 1. The number of amides is 2. The fraction of sp³-hybridized carbons (Fsp3) is 0.250. The number of hydrogen-bond acceptors (Lipinski definition) is 4. The van der Waals surface area contributed by atoms with Gasteiger partial charge in [-0.25, -0.2) is 4.39 Å². The predicted molar refractivity (Wildman–Crippen MR) is 159 cm³/mol. The van der Waals surface area contributed by atoms with Crippen molar-refractivity contribution < 1.29 is 18.8 Å². The number of allylic oxidation sites excluding steroid dienone is 2. The van der Waals surface area contributed by atoms with E-state index in [1.165, 1.54) is 18.2 Å². The molecular weight excluding hydrogens is 557 g/mol. The Balaban J connectivity index is 1.49. The van der Waals surface area contributed by atoms with Gasteiger partial charge in [0.15, 0.2) is 11.5 Å². The Hall–Kier alpha value is -4.50. The minimum Gasteiger partial charge on any atom is -0.357 e. The van der Waals surface area contributed by atoms with E-state index in [0.29, 0.717) is 23.5 Å². The van der Waals surface area contributed by atoms with Gasteiger partial charge in [0, 0.05) is 47.9 Å². The van der Waals surface area contributed by atoms with E-state index >= 15 is 0 Å². The van der Waals surface area contributed by atoms with Crippen molar-refractivity contribution in [3.63, 3.8) is 0 Å². The molecule has 0 saturated heterocycles. The second kappa shape index (κ2) is 12.6. The minimum absolute atomic E-state index is 0.0966. The van der Waals surface area contributed by atoms with Crippen molar-refractivity contribution in [2.75, 3.05) is 17.7 Å². The average Bonchev–Trinajstić information content (AvgIpc) is 3.62. The van der Waals surface area contributed by atoms with E-state index in [1.807, 2.05) is 38.1 Å². The van der Waals surface area contributed by atoms with E-state index in [9.17, 15) is 18.8 Å². The molecule has 10 heteroatoms. The molecule has 3 heterocycles. The smallest absolute Gasteiger partial charge is 0.276 e. The number of carbonyl (C=O) groups is 3. The van der Waals surface area contributed by atoms with Gasteiger partial charge in [0.25, 0.3) is 11.8 Å². The molecule has 2 amide bonds. The molecule has 5 rings (SSSR count). The average molecular weight is 588 g/mol. The molecule has 0 spiro atoms. The Morgan fingerprint density at radius 1 is 1.17 bits per heavy atom. The zero-order chi connectivity index (χ0) is 29.8. The third-order valence-electron chi connectivity index (χ3n) is 7.21. The number of hydrogen-bond donors (Lipinski definition) is 2. The van der Waals surface area contributed by atoms with Crippen LogP contribution < -0.4 is 5.32 Å². The van der Waals surface area contributed by atoms with Gasteiger partial charge in [0.2, 0.25) is 0 Å². The number of nitrogens with one attached hydrogen (secondary N) is 2. The van der Waals surface area contributed by atoms with Crippen LogP contribution in [0.25, 0.3) is 0 Å². The van der Waals surface area contributed by atoms with E-state index in [2.05, 4.69) is 10.3 Å². The summed E-state index contributed by atoms with van der Waals surface area (Å²) in [7, 11) is 0. The number of ketones is 1. The van der Waals surface area contributed by atoms with Gasteiger partial charge in [-0.2, -0.15) is 5.10 Å². The molecule has 0 aliphatic carbocycles. The van der Waals surface area contributed by atoms with Gasteiger partial charge in [-0.15, -0.1) is 11.6 Å². The molecule has 1 aliphatic heterocycles. The van der Waals surface area contributed by atoms with Crippen molar-refractivity contribution in [3.8, 4) is 0 Å². The molecule has 4 aromatic rings. The van der Waals surface area contributed by atoms with Crippen LogP contribution in [0.5, 0.6) is 0 Å². The van der Waals surface area contributed by atoms with Gasteiger partial charge in [0.1, 0.15) is 11.5 Å². The van der Waals surface area contributed by atoms with Crippen LogP contribution in [0, 0.1) is 12.7 Å². The summed E-state index contributed by atoms with van der Waals surface area (Å²) in [6, 6.07) is 15.6. The lowest BCUT2D eigenvalue weighted by atomic mass is 9.95. The Morgan fingerprint density at radius 3 is 2.74 bits per heavy atom. The summed E-state index contributed by atoms with van der Waals surface area (Å²) in [6.07, 6.45) is 4.48. The number of alkyl halides is 1. The van der Waals surface area contributed by atoms with E-state index in [1.54, 1.807) is 40.0 Å². The maximum atomic E-state index is 14.6. The summed E-state index contributed by atoms with van der Waals surface area (Å²) in [4.78, 5) is 43.7. The molecule has 1 atom stereocenters. The molecule has 0 fully saturated rings. The highest BCUT2D eigenvalue weighted by Crippen LogP contribution is 2.32. The van der Waals surface area contributed by atoms with E-state index in [-0.39, 0.29) is 60.2 Å². The molecule has 2 N–H and O–H groups in total. The minimum atomic E-state index is -0.473. The van der Waals surface area contributed by atoms with Crippen LogP contribution in [0.3, 0.4) is 0 Å². The molecule has 0 bridgehead atoms. The second-order valence-electron chi connectivity index (χ2n) is 10.5. The number of fused-ring (bicyclic) bond motifs is 1. The number of rotatable bonds is 9. The Morgan fingerprint density at radius 2 is 2.00 bits per heavy atom. The summed E-state index contributed by atoms with van der Waals surface area (Å²) in [6.45, 7) is 4.84. The van der Waals surface area contributed by atoms with Gasteiger partial charge < -0.3 is 15.2 Å². The van der Waals surface area contributed by atoms with Crippen LogP contribution >= 0.6 is 11.6 Å². The van der Waals surface area contributed by atoms with Crippen LogP contribution in [0.15, 0.2) is 72.9 Å². The summed E-state index contributed by atoms with van der Waals surface area (Å²) >= 11 is 5.62. The normalized spacial score (nSPS) is 14.7. The third-order valence-corrected chi connectivity index (χ3v) is 7.39. The molecule has 0 unspecified atom stereocenters. The Labute approximate surface area is 248 Å². The van der Waals surface area contributed by atoms with Crippen LogP contribution in [0.2, 0.25) is 0 Å². The molecule has 2 aromatic carbocycles. The lowest BCUT2D eigenvalue weighted by Crippen LogP contribution is -2.38. The third kappa shape index (κ3) is 6.36. The molecule has 1 aliphatic rings. The highest BCUT2D eigenvalue weighted by molar-refractivity contribution is 6.19. The summed E-state index contributed by atoms with van der Waals surface area (Å²) in [5.74, 6) is -1.20. The van der Waals surface area contributed by atoms with Gasteiger partial charge >= 0.3 is 0 Å². The quantitative estimate of drug-likeness (QED) is 0.196. The molecule has 0 saturated carbocycles. The largest absolute Gasteiger partial charge is 0.357 e. The first-order valence-corrected chi connectivity index (χ1v) is 14.2. The number of anilines is 1. The van der Waals surface area contributed by atoms with Crippen molar-refractivity contribution >= 4 is 34.9 Å². The molecule has 8 nitrogen and oxygen atoms in total. The summed E-state index contributed by atoms with van der Waals surface area (Å²) in [5, 5.41) is 7.68. The first kappa shape index (κ1) is 29.0. The number of benzene rings is 2. The number of aromatic amines is 1. The second-order valence-corrected chi connectivity index (χ2v) is 10.8. The number of aryl methyl sites for hydroxylation is 1. The molecule has 42 heavy (non-hydrogen) atoms. The van der Waals surface area contributed by atoms with Crippen LogP contribution in [0.4, 0.5) is 10.1 Å². The standard InChI is InChI=1S/C32H31ClFN5O3/c1-20-6-3-7-24(14-20)36-31(41)29-26-19-38(32(42)28-9-5-13-35-28)17-21(2)30(26)39(37-29)18-22-10-11-27(34)23(15-22)16-25(40)8-4-12-33/h3-11,13-15,21,35H,12,16-19H2,1-2H3,(H,36,41)/b8-4+/t21-/m1/s1. The topological polar surface area (TPSA) is 100 Å². The molecule has 216 valence electrons. The SMILES string of the molecule is Cc1cccc(NC(=O)c2nn(Cc3ccc(F)c(CC(=O)/C=C/CCl)c3)c3c2CN(C(=O)c2ccc[nH]2)C[C@H]3C)c1. The lowest BCUT2D eigenvalue weighted by Gasteiger charge is -2.32. The fourth-order valence-electron chi connectivity index (χ4n) is 5.35. The van der Waals surface area contributed by atoms with Crippen molar-refractivity contribution in [2.24, 2.45) is 0 Å². The Bertz CT molecular complexity index is 1660. The van der Waals surface area contributed by atoms with Crippen molar-refractivity contribution in [2.45, 2.75) is 39.3 Å². The van der Waals surface area contributed by atoms with Gasteiger partial charge in [-0.1, -0.05) is 37.3 Å². The van der Waals surface area contributed by atoms with Crippen molar-refractivity contribution in [1.82, 2.24) is 19.7 Å². The van der Waals surface area contributed by atoms with E-state index < -0.39 is 5.82 Å². The molecular formula is C32H31ClFN5O3. The lowest BCUT2D eigenvalue weighted by molar-refractivity contribution is -0.114. The summed E-state index contributed by atoms with van der Waals surface area (Å²) in [5.41, 5.74) is 4.85. The van der Waals surface area contributed by atoms with E-state index in [4.69, 9.17) is 16.7 Å². The predicted octanol–water partition coefficient (Wildman–Crippen LogP) is 5.63. The van der Waals surface area contributed by atoms with Gasteiger partial charge in [-0.3, -0.25) is 19.1 Å². The van der Waals surface area contributed by atoms with Gasteiger partial charge in [0.05, 0.1) is 13.1 Å². The highest BCUT2D eigenvalue weighted by atomic mass is 35.5. The van der Waals surface area contributed by atoms with Crippen molar-refractivity contribution in [3.05, 3.63) is 118 Å². The zero-order valence-corrected chi connectivity index (χ0v) is 24.1. The first-order valence-electron chi connectivity index (χ1n) is 13.7. The highest BCUT2D eigenvalue weighted by Gasteiger charge is 2.34. The van der Waals surface area contributed by atoms with Crippen LogP contribution in [-0.2, 0) is 24.3 Å². The maximum absolute atomic E-state index is 14.6. The first-order chi connectivity index (χ1) is 20.2. The number of carbonyl (C=O) groups excluding carboxylic acids is 3. The summed E-state index contributed by atoms with van der Waals surface area (Å²) < 4.78 is 16.3. The number of aromatic nitrogens is 3. The van der Waals surface area contributed by atoms with Gasteiger partial charge in [-0.05, 0) is 60.0 Å². The van der Waals surface area contributed by atoms with Crippen molar-refractivity contribution in [1.29, 1.82) is 0 Å². The maximum Gasteiger partial charge on any atom is 0.276 e. The Kier molecular flexibility index (Phi) is 8.68. The number of nitrogens with zero attached hydrogens (tertiary/aromatic N) is 3. The van der Waals surface area contributed by atoms with Crippen LogP contribution in [-0.4, -0.2) is 49.7 Å². The molecule has 2 aromatic heterocycles. The molecule has 0 radical (unpaired) electrons. The van der Waals surface area contributed by atoms with E-state index in [0.717, 1.165) is 16.8 Å². The monoisotopic (exact) mass is 587 g/mol. The zero-order valence-electron chi connectivity index (χ0n) is 23.4.